The predicted molar refractivity (Wildman–Crippen MR) is 125 cm³/mol. The molecule has 0 atom stereocenters. The van der Waals surface area contributed by atoms with Crippen LogP contribution >= 0.6 is 24.0 Å². The van der Waals surface area contributed by atoms with Gasteiger partial charge in [0.1, 0.15) is 5.75 Å². The number of halogens is 1. The predicted octanol–water partition coefficient (Wildman–Crippen LogP) is 3.73. The van der Waals surface area contributed by atoms with Crippen LogP contribution in [-0.2, 0) is 16.7 Å². The van der Waals surface area contributed by atoms with Crippen LogP contribution in [0.5, 0.6) is 5.75 Å². The van der Waals surface area contributed by atoms with Crippen LogP contribution in [0.1, 0.15) is 24.0 Å². The molecule has 0 bridgehead atoms. The van der Waals surface area contributed by atoms with Crippen molar-refractivity contribution in [2.75, 3.05) is 33.9 Å². The van der Waals surface area contributed by atoms with E-state index in [1.54, 1.807) is 7.11 Å². The van der Waals surface area contributed by atoms with E-state index in [1.807, 2.05) is 37.4 Å². The molecular formula is C22H30IN3O2. The van der Waals surface area contributed by atoms with E-state index >= 15 is 0 Å². The van der Waals surface area contributed by atoms with Crippen molar-refractivity contribution >= 4 is 29.9 Å². The molecule has 2 aromatic carbocycles. The number of benzene rings is 2. The molecule has 0 spiro atoms. The molecule has 5 nitrogen and oxygen atoms in total. The van der Waals surface area contributed by atoms with Crippen LogP contribution in [0.3, 0.4) is 0 Å². The molecule has 1 aliphatic heterocycles. The molecule has 152 valence electrons. The molecule has 2 aromatic rings. The highest BCUT2D eigenvalue weighted by atomic mass is 127. The van der Waals surface area contributed by atoms with E-state index < -0.39 is 0 Å². The monoisotopic (exact) mass is 495 g/mol. The molecule has 0 unspecified atom stereocenters. The SMILES string of the molecule is CN=C(NCc1ccccc1)NCC1(c2ccc(OC)cc2)CCOCC1.I. The third kappa shape index (κ3) is 5.85. The van der Waals surface area contributed by atoms with E-state index in [1.165, 1.54) is 11.1 Å². The van der Waals surface area contributed by atoms with E-state index in [2.05, 4.69) is 39.9 Å². The first-order valence-electron chi connectivity index (χ1n) is 9.46. The Morgan fingerprint density at radius 3 is 2.32 bits per heavy atom. The van der Waals surface area contributed by atoms with E-state index in [4.69, 9.17) is 9.47 Å². The zero-order chi connectivity index (χ0) is 19.0. The number of hydrogen-bond donors (Lipinski definition) is 2. The summed E-state index contributed by atoms with van der Waals surface area (Å²) in [5.74, 6) is 1.70. The third-order valence-corrected chi connectivity index (χ3v) is 5.27. The van der Waals surface area contributed by atoms with E-state index in [9.17, 15) is 0 Å². The van der Waals surface area contributed by atoms with Gasteiger partial charge in [0.05, 0.1) is 7.11 Å². The molecule has 28 heavy (non-hydrogen) atoms. The number of nitrogens with zero attached hydrogens (tertiary/aromatic N) is 1. The Morgan fingerprint density at radius 1 is 1.04 bits per heavy atom. The molecule has 0 radical (unpaired) electrons. The summed E-state index contributed by atoms with van der Waals surface area (Å²) in [5, 5.41) is 6.93. The fourth-order valence-electron chi connectivity index (χ4n) is 3.53. The lowest BCUT2D eigenvalue weighted by atomic mass is 9.74. The Kier molecular flexibility index (Phi) is 9.05. The normalized spacial score (nSPS) is 16.0. The zero-order valence-corrected chi connectivity index (χ0v) is 18.9. The lowest BCUT2D eigenvalue weighted by molar-refractivity contribution is 0.0513. The van der Waals surface area contributed by atoms with Gasteiger partial charge in [-0.2, -0.15) is 0 Å². The van der Waals surface area contributed by atoms with E-state index in [0.29, 0.717) is 0 Å². The standard InChI is InChI=1S/C22H29N3O2.HI/c1-23-21(24-16-18-6-4-3-5-7-18)25-17-22(12-14-27-15-13-22)19-8-10-20(26-2)11-9-19;/h3-11H,12-17H2,1-2H3,(H2,23,24,25);1H. The van der Waals surface area contributed by atoms with Crippen molar-refractivity contribution in [1.29, 1.82) is 0 Å². The van der Waals surface area contributed by atoms with Crippen LogP contribution in [-0.4, -0.2) is 39.9 Å². The van der Waals surface area contributed by atoms with Gasteiger partial charge in [0, 0.05) is 38.8 Å². The summed E-state index contributed by atoms with van der Waals surface area (Å²) in [7, 11) is 3.51. The number of nitrogens with one attached hydrogen (secondary N) is 2. The third-order valence-electron chi connectivity index (χ3n) is 5.27. The summed E-state index contributed by atoms with van der Waals surface area (Å²) in [6.45, 7) is 3.13. The fourth-order valence-corrected chi connectivity index (χ4v) is 3.53. The molecule has 1 heterocycles. The maximum absolute atomic E-state index is 5.63. The molecule has 3 rings (SSSR count). The second-order valence-corrected chi connectivity index (χ2v) is 6.89. The van der Waals surface area contributed by atoms with Gasteiger partial charge in [-0.05, 0) is 36.1 Å². The molecule has 0 aliphatic carbocycles. The molecular weight excluding hydrogens is 465 g/mol. The van der Waals surface area contributed by atoms with Gasteiger partial charge in [0.25, 0.3) is 0 Å². The summed E-state index contributed by atoms with van der Waals surface area (Å²) < 4.78 is 10.9. The minimum atomic E-state index is 0. The van der Waals surface area contributed by atoms with Gasteiger partial charge < -0.3 is 20.1 Å². The molecule has 6 heteroatoms. The largest absolute Gasteiger partial charge is 0.497 e. The Labute approximate surface area is 184 Å². The average Bonchev–Trinajstić information content (AvgIpc) is 2.75. The average molecular weight is 495 g/mol. The number of ether oxygens (including phenoxy) is 2. The van der Waals surface area contributed by atoms with Crippen LogP contribution in [0.2, 0.25) is 0 Å². The molecule has 0 aromatic heterocycles. The first-order chi connectivity index (χ1) is 13.3. The van der Waals surface area contributed by atoms with Crippen molar-refractivity contribution in [2.24, 2.45) is 4.99 Å². The molecule has 0 saturated carbocycles. The minimum Gasteiger partial charge on any atom is -0.497 e. The topological polar surface area (TPSA) is 54.9 Å². The summed E-state index contributed by atoms with van der Waals surface area (Å²) in [6.07, 6.45) is 1.98. The van der Waals surface area contributed by atoms with Gasteiger partial charge in [-0.1, -0.05) is 42.5 Å². The van der Waals surface area contributed by atoms with Crippen LogP contribution < -0.4 is 15.4 Å². The van der Waals surface area contributed by atoms with Crippen molar-refractivity contribution in [3.05, 3.63) is 65.7 Å². The van der Waals surface area contributed by atoms with Gasteiger partial charge in [0.2, 0.25) is 0 Å². The number of rotatable bonds is 6. The van der Waals surface area contributed by atoms with Crippen molar-refractivity contribution in [3.63, 3.8) is 0 Å². The van der Waals surface area contributed by atoms with Crippen molar-refractivity contribution < 1.29 is 9.47 Å². The quantitative estimate of drug-likeness (QED) is 0.365. The summed E-state index contributed by atoms with van der Waals surface area (Å²) in [6, 6.07) is 18.8. The van der Waals surface area contributed by atoms with Gasteiger partial charge in [-0.3, -0.25) is 4.99 Å². The first-order valence-corrected chi connectivity index (χ1v) is 9.46. The van der Waals surface area contributed by atoms with Gasteiger partial charge >= 0.3 is 0 Å². The molecule has 0 amide bonds. The number of guanidine groups is 1. The maximum Gasteiger partial charge on any atom is 0.191 e. The number of aliphatic imine (C=N–C) groups is 1. The Hall–Kier alpha value is -1.80. The highest BCUT2D eigenvalue weighted by Gasteiger charge is 2.34. The Morgan fingerprint density at radius 2 is 1.71 bits per heavy atom. The highest BCUT2D eigenvalue weighted by Crippen LogP contribution is 2.35. The van der Waals surface area contributed by atoms with Crippen LogP contribution in [0.4, 0.5) is 0 Å². The second kappa shape index (κ2) is 11.3. The van der Waals surface area contributed by atoms with Crippen molar-refractivity contribution in [3.8, 4) is 5.75 Å². The lowest BCUT2D eigenvalue weighted by Gasteiger charge is -2.38. The van der Waals surface area contributed by atoms with Gasteiger partial charge in [0.15, 0.2) is 5.96 Å². The molecule has 1 saturated heterocycles. The van der Waals surface area contributed by atoms with Crippen LogP contribution in [0.15, 0.2) is 59.6 Å². The summed E-state index contributed by atoms with van der Waals surface area (Å²) in [4.78, 5) is 4.38. The highest BCUT2D eigenvalue weighted by molar-refractivity contribution is 14.0. The lowest BCUT2D eigenvalue weighted by Crippen LogP contribution is -2.47. The smallest absolute Gasteiger partial charge is 0.191 e. The van der Waals surface area contributed by atoms with Crippen molar-refractivity contribution in [1.82, 2.24) is 10.6 Å². The van der Waals surface area contributed by atoms with Crippen molar-refractivity contribution in [2.45, 2.75) is 24.8 Å². The minimum absolute atomic E-state index is 0. The number of methoxy groups -OCH3 is 1. The van der Waals surface area contributed by atoms with Gasteiger partial charge in [-0.15, -0.1) is 24.0 Å². The Bertz CT molecular complexity index is 729. The van der Waals surface area contributed by atoms with E-state index in [0.717, 1.165) is 50.9 Å². The Balaban J connectivity index is 0.00000280. The molecule has 1 fully saturated rings. The summed E-state index contributed by atoms with van der Waals surface area (Å²) in [5.41, 5.74) is 2.59. The zero-order valence-electron chi connectivity index (χ0n) is 16.6. The van der Waals surface area contributed by atoms with Crippen LogP contribution in [0, 0.1) is 0 Å². The van der Waals surface area contributed by atoms with E-state index in [-0.39, 0.29) is 29.4 Å². The fraction of sp³-hybridized carbons (Fsp3) is 0.409. The molecule has 1 aliphatic rings. The summed E-state index contributed by atoms with van der Waals surface area (Å²) >= 11 is 0. The number of hydrogen-bond acceptors (Lipinski definition) is 3. The van der Waals surface area contributed by atoms with Gasteiger partial charge in [-0.25, -0.2) is 0 Å². The maximum atomic E-state index is 5.63. The molecule has 2 N–H and O–H groups in total. The second-order valence-electron chi connectivity index (χ2n) is 6.89. The first kappa shape index (κ1) is 22.5. The van der Waals surface area contributed by atoms with Crippen LogP contribution in [0.25, 0.3) is 0 Å².